The number of nitrogens with zero attached hydrogens (tertiary/aromatic N) is 1. The normalized spacial score (nSPS) is 24.4. The molecular weight excluding hydrogens is 296 g/mol. The highest BCUT2D eigenvalue weighted by Crippen LogP contribution is 2.42. The summed E-state index contributed by atoms with van der Waals surface area (Å²) < 4.78 is 10.2. The van der Waals surface area contributed by atoms with Gasteiger partial charge in [0.05, 0.1) is 17.7 Å². The van der Waals surface area contributed by atoms with Crippen molar-refractivity contribution in [3.05, 3.63) is 35.7 Å². The first kappa shape index (κ1) is 13.9. The van der Waals surface area contributed by atoms with Gasteiger partial charge in [-0.3, -0.25) is 4.79 Å². The molecule has 114 valence electrons. The summed E-state index contributed by atoms with van der Waals surface area (Å²) in [5, 5.41) is 4.98. The molecule has 1 aliphatic carbocycles. The average molecular weight is 314 g/mol. The SMILES string of the molecule is O=C(Nc1csnc1-c1ccccc1)[C@@H]1CCO[C@H]1C1CC1. The lowest BCUT2D eigenvalue weighted by molar-refractivity contribution is -0.121. The molecule has 2 fully saturated rings. The molecule has 2 heterocycles. The average Bonchev–Trinajstić information content (AvgIpc) is 3.10. The van der Waals surface area contributed by atoms with Crippen LogP contribution in [0.25, 0.3) is 11.3 Å². The lowest BCUT2D eigenvalue weighted by Gasteiger charge is -2.17. The van der Waals surface area contributed by atoms with Gasteiger partial charge in [0.15, 0.2) is 0 Å². The highest BCUT2D eigenvalue weighted by atomic mass is 32.1. The number of hydrogen-bond acceptors (Lipinski definition) is 4. The van der Waals surface area contributed by atoms with E-state index in [2.05, 4.69) is 9.69 Å². The Hall–Kier alpha value is -1.72. The van der Waals surface area contributed by atoms with Crippen LogP contribution in [-0.2, 0) is 9.53 Å². The first-order valence-electron chi connectivity index (χ1n) is 7.75. The number of carbonyl (C=O) groups excluding carboxylic acids is 1. The van der Waals surface area contributed by atoms with Crippen molar-refractivity contribution in [2.75, 3.05) is 11.9 Å². The van der Waals surface area contributed by atoms with E-state index in [-0.39, 0.29) is 17.9 Å². The highest BCUT2D eigenvalue weighted by Gasteiger charge is 2.43. The summed E-state index contributed by atoms with van der Waals surface area (Å²) in [6.45, 7) is 0.701. The molecular formula is C17H18N2O2S. The molecule has 1 aromatic heterocycles. The van der Waals surface area contributed by atoms with Gasteiger partial charge in [-0.05, 0) is 36.7 Å². The fourth-order valence-electron chi connectivity index (χ4n) is 3.14. The molecule has 0 unspecified atom stereocenters. The molecule has 1 aliphatic heterocycles. The first-order valence-corrected chi connectivity index (χ1v) is 8.59. The number of carbonyl (C=O) groups is 1. The number of amides is 1. The van der Waals surface area contributed by atoms with Crippen LogP contribution in [0.2, 0.25) is 0 Å². The summed E-state index contributed by atoms with van der Waals surface area (Å²) in [6, 6.07) is 9.96. The second-order valence-electron chi connectivity index (χ2n) is 6.00. The van der Waals surface area contributed by atoms with Crippen molar-refractivity contribution in [1.82, 2.24) is 4.37 Å². The van der Waals surface area contributed by atoms with Crippen molar-refractivity contribution in [3.63, 3.8) is 0 Å². The van der Waals surface area contributed by atoms with E-state index in [9.17, 15) is 4.79 Å². The zero-order valence-electron chi connectivity index (χ0n) is 12.2. The van der Waals surface area contributed by atoms with Crippen LogP contribution in [-0.4, -0.2) is 23.0 Å². The number of nitrogens with one attached hydrogen (secondary N) is 1. The number of benzene rings is 1. The van der Waals surface area contributed by atoms with Crippen molar-refractivity contribution < 1.29 is 9.53 Å². The quantitative estimate of drug-likeness (QED) is 0.938. The Kier molecular flexibility index (Phi) is 3.68. The van der Waals surface area contributed by atoms with Gasteiger partial charge in [-0.25, -0.2) is 0 Å². The summed E-state index contributed by atoms with van der Waals surface area (Å²) in [6.07, 6.45) is 3.34. The molecule has 1 saturated heterocycles. The molecule has 2 aromatic rings. The molecule has 0 bridgehead atoms. The van der Waals surface area contributed by atoms with Gasteiger partial charge in [0.1, 0.15) is 5.69 Å². The number of aromatic nitrogens is 1. The maximum Gasteiger partial charge on any atom is 0.230 e. The first-order chi connectivity index (χ1) is 10.8. The van der Waals surface area contributed by atoms with E-state index in [1.165, 1.54) is 24.4 Å². The van der Waals surface area contributed by atoms with Crippen LogP contribution < -0.4 is 5.32 Å². The van der Waals surface area contributed by atoms with Gasteiger partial charge < -0.3 is 10.1 Å². The highest BCUT2D eigenvalue weighted by molar-refractivity contribution is 7.04. The summed E-state index contributed by atoms with van der Waals surface area (Å²) in [4.78, 5) is 12.6. The van der Waals surface area contributed by atoms with E-state index in [1.54, 1.807) is 0 Å². The molecule has 1 saturated carbocycles. The smallest absolute Gasteiger partial charge is 0.230 e. The van der Waals surface area contributed by atoms with Gasteiger partial charge >= 0.3 is 0 Å². The Morgan fingerprint density at radius 3 is 2.82 bits per heavy atom. The number of hydrogen-bond donors (Lipinski definition) is 1. The van der Waals surface area contributed by atoms with Gasteiger partial charge in [0.25, 0.3) is 0 Å². The van der Waals surface area contributed by atoms with E-state index in [1.807, 2.05) is 35.7 Å². The fourth-order valence-corrected chi connectivity index (χ4v) is 3.77. The Balaban J connectivity index is 1.52. The molecule has 1 N–H and O–H groups in total. The standard InChI is InChI=1S/C17H18N2O2S/c20-17(13-8-9-21-16(13)12-6-7-12)18-14-10-22-19-15(14)11-4-2-1-3-5-11/h1-5,10,12-13,16H,6-9H2,(H,18,20)/t13-,16+/m1/s1. The molecule has 22 heavy (non-hydrogen) atoms. The van der Waals surface area contributed by atoms with Gasteiger partial charge in [-0.15, -0.1) is 0 Å². The summed E-state index contributed by atoms with van der Waals surface area (Å²) in [5.74, 6) is 0.648. The van der Waals surface area contributed by atoms with Crippen molar-refractivity contribution in [3.8, 4) is 11.3 Å². The molecule has 4 rings (SSSR count). The van der Waals surface area contributed by atoms with Crippen LogP contribution in [0, 0.1) is 11.8 Å². The predicted octanol–water partition coefficient (Wildman–Crippen LogP) is 3.56. The van der Waals surface area contributed by atoms with E-state index in [0.29, 0.717) is 12.5 Å². The van der Waals surface area contributed by atoms with Crippen LogP contribution in [0.4, 0.5) is 5.69 Å². The largest absolute Gasteiger partial charge is 0.377 e. The van der Waals surface area contributed by atoms with Gasteiger partial charge in [0, 0.05) is 17.6 Å². The van der Waals surface area contributed by atoms with E-state index in [4.69, 9.17) is 4.74 Å². The Morgan fingerprint density at radius 1 is 1.23 bits per heavy atom. The van der Waals surface area contributed by atoms with Gasteiger partial charge in [-0.1, -0.05) is 30.3 Å². The zero-order valence-corrected chi connectivity index (χ0v) is 13.0. The molecule has 2 aliphatic rings. The summed E-state index contributed by atoms with van der Waals surface area (Å²) >= 11 is 1.37. The topological polar surface area (TPSA) is 51.2 Å². The lowest BCUT2D eigenvalue weighted by Crippen LogP contribution is -2.30. The number of ether oxygens (including phenoxy) is 1. The summed E-state index contributed by atoms with van der Waals surface area (Å²) in [5.41, 5.74) is 2.68. The lowest BCUT2D eigenvalue weighted by atomic mass is 9.97. The van der Waals surface area contributed by atoms with Gasteiger partial charge in [0.2, 0.25) is 5.91 Å². The maximum absolute atomic E-state index is 12.6. The summed E-state index contributed by atoms with van der Waals surface area (Å²) in [7, 11) is 0. The van der Waals surface area contributed by atoms with E-state index < -0.39 is 0 Å². The Labute approximate surface area is 133 Å². The second kappa shape index (κ2) is 5.82. The minimum Gasteiger partial charge on any atom is -0.377 e. The maximum atomic E-state index is 12.6. The third kappa shape index (κ3) is 2.66. The molecule has 0 radical (unpaired) electrons. The molecule has 5 heteroatoms. The Morgan fingerprint density at radius 2 is 2.05 bits per heavy atom. The van der Waals surface area contributed by atoms with Crippen LogP contribution in [0.5, 0.6) is 0 Å². The third-order valence-corrected chi connectivity index (χ3v) is 5.06. The minimum absolute atomic E-state index is 0.0176. The number of rotatable bonds is 4. The third-order valence-electron chi connectivity index (χ3n) is 4.43. The van der Waals surface area contributed by atoms with Crippen LogP contribution >= 0.6 is 11.5 Å². The monoisotopic (exact) mass is 314 g/mol. The zero-order chi connectivity index (χ0) is 14.9. The van der Waals surface area contributed by atoms with Crippen LogP contribution in [0.1, 0.15) is 19.3 Å². The predicted molar refractivity (Wildman–Crippen MR) is 86.8 cm³/mol. The van der Waals surface area contributed by atoms with Crippen LogP contribution in [0.15, 0.2) is 35.7 Å². The molecule has 0 spiro atoms. The molecule has 2 atom stereocenters. The van der Waals surface area contributed by atoms with Crippen molar-refractivity contribution >= 4 is 23.1 Å². The molecule has 1 amide bonds. The molecule has 1 aromatic carbocycles. The van der Waals surface area contributed by atoms with Crippen molar-refractivity contribution in [1.29, 1.82) is 0 Å². The number of anilines is 1. The van der Waals surface area contributed by atoms with Gasteiger partial charge in [-0.2, -0.15) is 4.37 Å². The molecule has 4 nitrogen and oxygen atoms in total. The van der Waals surface area contributed by atoms with E-state index in [0.717, 1.165) is 23.4 Å². The minimum atomic E-state index is -0.0176. The fraction of sp³-hybridized carbons (Fsp3) is 0.412. The van der Waals surface area contributed by atoms with Crippen molar-refractivity contribution in [2.24, 2.45) is 11.8 Å². The van der Waals surface area contributed by atoms with Crippen molar-refractivity contribution in [2.45, 2.75) is 25.4 Å². The second-order valence-corrected chi connectivity index (χ2v) is 6.63. The van der Waals surface area contributed by atoms with Crippen LogP contribution in [0.3, 0.4) is 0 Å². The Bertz CT molecular complexity index is 666. The van der Waals surface area contributed by atoms with E-state index >= 15 is 0 Å².